The molecule has 4 rings (SSSR count). The van der Waals surface area contributed by atoms with Crippen LogP contribution in [-0.4, -0.2) is 38.5 Å². The number of anilines is 1. The van der Waals surface area contributed by atoms with Gasteiger partial charge < -0.3 is 4.90 Å². The van der Waals surface area contributed by atoms with Gasteiger partial charge in [0.15, 0.2) is 5.71 Å². The Bertz CT molecular complexity index is 1310. The van der Waals surface area contributed by atoms with Gasteiger partial charge in [0.2, 0.25) is 0 Å². The summed E-state index contributed by atoms with van der Waals surface area (Å²) in [5.41, 5.74) is 8.43. The first-order valence-electron chi connectivity index (χ1n) is 12.4. The van der Waals surface area contributed by atoms with E-state index >= 15 is 0 Å². The van der Waals surface area contributed by atoms with Crippen LogP contribution in [0.1, 0.15) is 16.7 Å². The van der Waals surface area contributed by atoms with E-state index < -0.39 is 0 Å². The molecular weight excluding hydrogens is 436 g/mol. The summed E-state index contributed by atoms with van der Waals surface area (Å²) in [4.78, 5) is 2.12. The molecule has 0 saturated carbocycles. The number of rotatable bonds is 7. The fraction of sp³-hybridized carbons (Fsp3) is 0.147. The Morgan fingerprint density at radius 1 is 0.722 bits per heavy atom. The Morgan fingerprint density at radius 2 is 1.28 bits per heavy atom. The molecule has 0 amide bonds. The molecule has 0 heterocycles. The quantitative estimate of drug-likeness (QED) is 0.259. The highest BCUT2D eigenvalue weighted by Crippen LogP contribution is 2.26. The highest BCUT2D eigenvalue weighted by molar-refractivity contribution is 6.01. The molecule has 3 aromatic rings. The van der Waals surface area contributed by atoms with E-state index in [1.165, 1.54) is 39.2 Å². The minimum atomic E-state index is 0.254. The lowest BCUT2D eigenvalue weighted by atomic mass is 9.94. The maximum Gasteiger partial charge on any atom is 0.198 e. The monoisotopic (exact) mass is 471 g/mol. The molecule has 3 aromatic carbocycles. The van der Waals surface area contributed by atoms with Crippen molar-refractivity contribution in [1.82, 2.24) is 0 Å². The molecule has 2 heteroatoms. The van der Waals surface area contributed by atoms with Gasteiger partial charge in [-0.3, -0.25) is 0 Å². The molecular formula is C34H35N2+. The molecule has 2 nitrogen and oxygen atoms in total. The average Bonchev–Trinajstić information content (AvgIpc) is 2.92. The van der Waals surface area contributed by atoms with Crippen molar-refractivity contribution >= 4 is 22.5 Å². The van der Waals surface area contributed by atoms with Crippen LogP contribution in [0.4, 0.5) is 5.69 Å². The summed E-state index contributed by atoms with van der Waals surface area (Å²) in [6, 6.07) is 29.9. The van der Waals surface area contributed by atoms with Crippen LogP contribution >= 0.6 is 0 Å². The summed E-state index contributed by atoms with van der Waals surface area (Å²) >= 11 is 0. The SMILES string of the molecule is CN(C)c1ccc(/C(=C/C=C/C(=CC2C=CC(=[N+](C)C)C=C2)c2ccccc2)c2ccccc2)cc1. The molecule has 1 aliphatic carbocycles. The zero-order valence-electron chi connectivity index (χ0n) is 21.7. The number of hydrogen-bond acceptors (Lipinski definition) is 1. The Hall–Kier alpha value is -4.17. The Kier molecular flexibility index (Phi) is 8.31. The summed E-state index contributed by atoms with van der Waals surface area (Å²) in [5.74, 6) is 0.254. The van der Waals surface area contributed by atoms with Crippen molar-refractivity contribution in [2.24, 2.45) is 5.92 Å². The average molecular weight is 472 g/mol. The van der Waals surface area contributed by atoms with E-state index in [9.17, 15) is 0 Å². The first kappa shape index (κ1) is 24.9. The van der Waals surface area contributed by atoms with Crippen LogP contribution < -0.4 is 4.90 Å². The van der Waals surface area contributed by atoms with Crippen molar-refractivity contribution in [3.63, 3.8) is 0 Å². The van der Waals surface area contributed by atoms with Crippen LogP contribution in [-0.2, 0) is 0 Å². The van der Waals surface area contributed by atoms with Gasteiger partial charge in [0.1, 0.15) is 14.1 Å². The lowest BCUT2D eigenvalue weighted by Gasteiger charge is -2.14. The van der Waals surface area contributed by atoms with Gasteiger partial charge in [-0.1, -0.05) is 109 Å². The predicted octanol–water partition coefficient (Wildman–Crippen LogP) is 7.28. The molecule has 36 heavy (non-hydrogen) atoms. The van der Waals surface area contributed by atoms with Gasteiger partial charge >= 0.3 is 0 Å². The van der Waals surface area contributed by atoms with E-state index in [0.29, 0.717) is 0 Å². The number of hydrogen-bond donors (Lipinski definition) is 0. The molecule has 1 aliphatic rings. The fourth-order valence-corrected chi connectivity index (χ4v) is 4.20. The van der Waals surface area contributed by atoms with Crippen LogP contribution in [0.15, 0.2) is 134 Å². The third-order valence-electron chi connectivity index (χ3n) is 6.29. The molecule has 0 atom stereocenters. The highest BCUT2D eigenvalue weighted by atomic mass is 15.1. The third kappa shape index (κ3) is 6.49. The zero-order chi connectivity index (χ0) is 25.3. The first-order chi connectivity index (χ1) is 17.5. The van der Waals surface area contributed by atoms with E-state index in [4.69, 9.17) is 0 Å². The topological polar surface area (TPSA) is 6.25 Å². The molecule has 0 saturated heterocycles. The second-order valence-corrected chi connectivity index (χ2v) is 9.35. The largest absolute Gasteiger partial charge is 0.378 e. The van der Waals surface area contributed by atoms with Gasteiger partial charge in [0.05, 0.1) is 0 Å². The van der Waals surface area contributed by atoms with E-state index in [1.807, 2.05) is 0 Å². The second-order valence-electron chi connectivity index (χ2n) is 9.35. The molecule has 0 aliphatic heterocycles. The van der Waals surface area contributed by atoms with Crippen LogP contribution in [0.2, 0.25) is 0 Å². The maximum atomic E-state index is 2.33. The van der Waals surface area contributed by atoms with E-state index in [1.54, 1.807) is 0 Å². The lowest BCUT2D eigenvalue weighted by Crippen LogP contribution is -2.11. The molecule has 0 N–H and O–H groups in total. The van der Waals surface area contributed by atoms with E-state index in [2.05, 4.69) is 171 Å². The Labute approximate surface area is 216 Å². The van der Waals surface area contributed by atoms with Crippen LogP contribution in [0, 0.1) is 5.92 Å². The second kappa shape index (κ2) is 12.0. The third-order valence-corrected chi connectivity index (χ3v) is 6.29. The molecule has 0 fully saturated rings. The number of nitrogens with zero attached hydrogens (tertiary/aromatic N) is 2. The van der Waals surface area contributed by atoms with E-state index in [-0.39, 0.29) is 5.92 Å². The van der Waals surface area contributed by atoms with Crippen molar-refractivity contribution in [2.45, 2.75) is 0 Å². The summed E-state index contributed by atoms with van der Waals surface area (Å²) in [7, 11) is 8.28. The Morgan fingerprint density at radius 3 is 1.83 bits per heavy atom. The first-order valence-corrected chi connectivity index (χ1v) is 12.4. The molecule has 0 unspecified atom stereocenters. The summed E-state index contributed by atoms with van der Waals surface area (Å²) in [6.45, 7) is 0. The summed E-state index contributed by atoms with van der Waals surface area (Å²) < 4.78 is 2.13. The van der Waals surface area contributed by atoms with Crippen molar-refractivity contribution in [1.29, 1.82) is 0 Å². The Balaban J connectivity index is 1.70. The van der Waals surface area contributed by atoms with Crippen LogP contribution in [0.3, 0.4) is 0 Å². The summed E-state index contributed by atoms with van der Waals surface area (Å²) in [6.07, 6.45) is 17.8. The smallest absolute Gasteiger partial charge is 0.198 e. The van der Waals surface area contributed by atoms with Gasteiger partial charge in [-0.15, -0.1) is 0 Å². The van der Waals surface area contributed by atoms with Gasteiger partial charge in [-0.05, 0) is 40.0 Å². The molecule has 0 bridgehead atoms. The number of allylic oxidation sites excluding steroid dienone is 9. The van der Waals surface area contributed by atoms with Crippen LogP contribution in [0.5, 0.6) is 0 Å². The number of benzene rings is 3. The molecule has 0 radical (unpaired) electrons. The molecule has 0 spiro atoms. The van der Waals surface area contributed by atoms with Crippen molar-refractivity contribution in [2.75, 3.05) is 33.1 Å². The van der Waals surface area contributed by atoms with E-state index in [0.717, 1.165) is 0 Å². The fourth-order valence-electron chi connectivity index (χ4n) is 4.20. The summed E-state index contributed by atoms with van der Waals surface area (Å²) in [5, 5.41) is 0. The van der Waals surface area contributed by atoms with Crippen molar-refractivity contribution < 1.29 is 4.58 Å². The zero-order valence-corrected chi connectivity index (χ0v) is 21.7. The standard InChI is InChI=1S/C34H35N2/c1-35(2)32-22-18-27(19-23-32)26-31(28-12-7-5-8-13-28)16-11-17-34(29-14-9-6-10-15-29)30-20-24-33(25-21-30)36(3)4/h5-27H,1-4H3/q+1/b16-11+,31-26?,34-17+. The van der Waals surface area contributed by atoms with Crippen molar-refractivity contribution in [3.8, 4) is 0 Å². The van der Waals surface area contributed by atoms with Gasteiger partial charge in [0, 0.05) is 37.9 Å². The van der Waals surface area contributed by atoms with Crippen molar-refractivity contribution in [3.05, 3.63) is 150 Å². The van der Waals surface area contributed by atoms with Gasteiger partial charge in [-0.2, -0.15) is 0 Å². The molecule has 180 valence electrons. The molecule has 0 aromatic heterocycles. The van der Waals surface area contributed by atoms with Crippen LogP contribution in [0.25, 0.3) is 11.1 Å². The predicted molar refractivity (Wildman–Crippen MR) is 157 cm³/mol. The van der Waals surface area contributed by atoms with Gasteiger partial charge in [-0.25, -0.2) is 4.58 Å². The normalized spacial score (nSPS) is 16.0. The lowest BCUT2D eigenvalue weighted by molar-refractivity contribution is -0.462. The minimum Gasteiger partial charge on any atom is -0.378 e. The van der Waals surface area contributed by atoms with Gasteiger partial charge in [0.25, 0.3) is 0 Å². The minimum absolute atomic E-state index is 0.254. The highest BCUT2D eigenvalue weighted by Gasteiger charge is 2.09. The maximum absolute atomic E-state index is 2.33.